The number of amides is 2. The summed E-state index contributed by atoms with van der Waals surface area (Å²) in [7, 11) is 1.88. The van der Waals surface area contributed by atoms with E-state index in [1.807, 2.05) is 24.9 Å². The molecule has 2 amide bonds. The summed E-state index contributed by atoms with van der Waals surface area (Å²) in [6.45, 7) is 6.08. The Labute approximate surface area is 207 Å². The van der Waals surface area contributed by atoms with Crippen LogP contribution in [-0.4, -0.2) is 42.0 Å². The number of nitrogens with zero attached hydrogens (tertiary/aromatic N) is 2. The number of urea groups is 1. The van der Waals surface area contributed by atoms with Gasteiger partial charge in [-0.2, -0.15) is 0 Å². The number of benzene rings is 2. The Balaban J connectivity index is 1.34. The maximum absolute atomic E-state index is 13.0. The molecule has 2 aromatic carbocycles. The molecule has 2 aromatic rings. The maximum atomic E-state index is 13.0. The number of terminal acetylenes is 1. The smallest absolute Gasteiger partial charge is 0.317 e. The Hall–Kier alpha value is -2.19. The summed E-state index contributed by atoms with van der Waals surface area (Å²) in [4.78, 5) is 17.4. The maximum Gasteiger partial charge on any atom is 0.317 e. The number of aryl methyl sites for hydroxylation is 2. The second-order valence-corrected chi connectivity index (χ2v) is 10.0. The molecule has 0 radical (unpaired) electrons. The van der Waals surface area contributed by atoms with Gasteiger partial charge in [-0.3, -0.25) is 4.90 Å². The van der Waals surface area contributed by atoms with Crippen molar-refractivity contribution in [1.29, 1.82) is 0 Å². The minimum absolute atomic E-state index is 0.101. The van der Waals surface area contributed by atoms with E-state index in [2.05, 4.69) is 41.3 Å². The number of piperidine rings is 1. The highest BCUT2D eigenvalue weighted by molar-refractivity contribution is 6.43. The van der Waals surface area contributed by atoms with Crippen LogP contribution in [-0.2, 0) is 6.42 Å². The van der Waals surface area contributed by atoms with Gasteiger partial charge >= 0.3 is 6.03 Å². The van der Waals surface area contributed by atoms with Gasteiger partial charge in [0.2, 0.25) is 0 Å². The van der Waals surface area contributed by atoms with Crippen LogP contribution in [0.1, 0.15) is 66.1 Å². The second kappa shape index (κ2) is 9.97. The van der Waals surface area contributed by atoms with Crippen LogP contribution in [0.3, 0.4) is 0 Å². The van der Waals surface area contributed by atoms with E-state index in [-0.39, 0.29) is 18.1 Å². The highest BCUT2D eigenvalue weighted by Gasteiger charge is 2.33. The summed E-state index contributed by atoms with van der Waals surface area (Å²) >= 11 is 12.7. The number of carbonyl (C=O) groups is 1. The first-order valence-corrected chi connectivity index (χ1v) is 12.4. The number of rotatable bonds is 4. The second-order valence-electron chi connectivity index (χ2n) is 9.28. The predicted molar refractivity (Wildman–Crippen MR) is 136 cm³/mol. The van der Waals surface area contributed by atoms with Crippen molar-refractivity contribution in [2.24, 2.45) is 0 Å². The van der Waals surface area contributed by atoms with Crippen LogP contribution in [0.5, 0.6) is 0 Å². The summed E-state index contributed by atoms with van der Waals surface area (Å²) < 4.78 is 0. The summed E-state index contributed by atoms with van der Waals surface area (Å²) in [5.41, 5.74) is 5.64. The number of nitrogens with one attached hydrogen (secondary N) is 1. The molecule has 1 N–H and O–H groups in total. The van der Waals surface area contributed by atoms with E-state index in [4.69, 9.17) is 29.6 Å². The van der Waals surface area contributed by atoms with E-state index >= 15 is 0 Å². The molecule has 1 heterocycles. The van der Waals surface area contributed by atoms with E-state index < -0.39 is 0 Å². The molecule has 0 aromatic heterocycles. The van der Waals surface area contributed by atoms with E-state index in [0.717, 1.165) is 37.9 Å². The first-order chi connectivity index (χ1) is 15.8. The lowest BCUT2D eigenvalue weighted by atomic mass is 9.99. The predicted octanol–water partition coefficient (Wildman–Crippen LogP) is 6.14. The summed E-state index contributed by atoms with van der Waals surface area (Å²) in [6, 6.07) is 10.8. The average Bonchev–Trinajstić information content (AvgIpc) is 3.23. The Morgan fingerprint density at radius 3 is 2.61 bits per heavy atom. The van der Waals surface area contributed by atoms with Crippen molar-refractivity contribution in [3.05, 3.63) is 68.2 Å². The fourth-order valence-electron chi connectivity index (χ4n) is 5.23. The van der Waals surface area contributed by atoms with Crippen LogP contribution >= 0.6 is 23.2 Å². The number of halogens is 2. The third kappa shape index (κ3) is 4.87. The molecule has 1 unspecified atom stereocenters. The molecular weight excluding hydrogens is 453 g/mol. The van der Waals surface area contributed by atoms with Crippen molar-refractivity contribution in [3.63, 3.8) is 0 Å². The zero-order chi connectivity index (χ0) is 23.7. The molecule has 33 heavy (non-hydrogen) atoms. The lowest BCUT2D eigenvalue weighted by Crippen LogP contribution is -2.49. The standard InChI is InChI=1S/C27H31Cl2N3O/c1-5-19-7-10-22(26(29)25(19)28)18(3)30-27(33)31(4)21-12-14-32(15-13-21)24-11-8-20-16-17(2)6-9-23(20)24/h1,6-7,9-10,16,18,21,24H,8,11-15H2,2-4H3,(H,30,33)/t18-,24?/m0/s1. The molecule has 2 aliphatic rings. The molecule has 4 nitrogen and oxygen atoms in total. The van der Waals surface area contributed by atoms with Gasteiger partial charge in [-0.1, -0.05) is 59.0 Å². The van der Waals surface area contributed by atoms with E-state index in [0.29, 0.717) is 21.7 Å². The molecule has 1 aliphatic heterocycles. The fraction of sp³-hybridized carbons (Fsp3) is 0.444. The highest BCUT2D eigenvalue weighted by atomic mass is 35.5. The highest BCUT2D eigenvalue weighted by Crippen LogP contribution is 2.38. The van der Waals surface area contributed by atoms with Gasteiger partial charge in [-0.15, -0.1) is 6.42 Å². The zero-order valence-corrected chi connectivity index (χ0v) is 21.0. The molecule has 0 saturated carbocycles. The van der Waals surface area contributed by atoms with Crippen LogP contribution in [0.4, 0.5) is 4.79 Å². The zero-order valence-electron chi connectivity index (χ0n) is 19.5. The molecule has 0 spiro atoms. The Morgan fingerprint density at radius 2 is 1.91 bits per heavy atom. The van der Waals surface area contributed by atoms with Crippen molar-refractivity contribution in [3.8, 4) is 12.3 Å². The van der Waals surface area contributed by atoms with Crippen LogP contribution < -0.4 is 5.32 Å². The lowest BCUT2D eigenvalue weighted by Gasteiger charge is -2.40. The fourth-order valence-corrected chi connectivity index (χ4v) is 5.78. The molecule has 6 heteroatoms. The monoisotopic (exact) mass is 483 g/mol. The van der Waals surface area contributed by atoms with Crippen molar-refractivity contribution < 1.29 is 4.79 Å². The first-order valence-electron chi connectivity index (χ1n) is 11.6. The Morgan fingerprint density at radius 1 is 1.18 bits per heavy atom. The average molecular weight is 484 g/mol. The molecule has 1 fully saturated rings. The number of carbonyl (C=O) groups excluding carboxylic acids is 1. The van der Waals surface area contributed by atoms with Gasteiger partial charge in [0.1, 0.15) is 0 Å². The first kappa shape index (κ1) is 24.0. The molecule has 2 atom stereocenters. The molecule has 174 valence electrons. The molecule has 0 bridgehead atoms. The van der Waals surface area contributed by atoms with Gasteiger partial charge in [-0.25, -0.2) is 4.79 Å². The third-order valence-corrected chi connectivity index (χ3v) is 8.12. The summed E-state index contributed by atoms with van der Waals surface area (Å²) in [6.07, 6.45) is 9.76. The van der Waals surface area contributed by atoms with Crippen LogP contribution in [0.25, 0.3) is 0 Å². The van der Waals surface area contributed by atoms with Gasteiger partial charge < -0.3 is 10.2 Å². The van der Waals surface area contributed by atoms with Gasteiger partial charge in [0.05, 0.1) is 16.1 Å². The van der Waals surface area contributed by atoms with Crippen LogP contribution in [0.2, 0.25) is 10.0 Å². The quantitative estimate of drug-likeness (QED) is 0.530. The van der Waals surface area contributed by atoms with Crippen LogP contribution in [0, 0.1) is 19.3 Å². The Bertz CT molecular complexity index is 1090. The minimum atomic E-state index is -0.282. The number of likely N-dealkylation sites (tertiary alicyclic amines) is 1. The number of hydrogen-bond donors (Lipinski definition) is 1. The summed E-state index contributed by atoms with van der Waals surface area (Å²) in [5.74, 6) is 2.52. The van der Waals surface area contributed by atoms with E-state index in [9.17, 15) is 4.79 Å². The topological polar surface area (TPSA) is 35.6 Å². The van der Waals surface area contributed by atoms with E-state index in [1.165, 1.54) is 23.1 Å². The van der Waals surface area contributed by atoms with Gasteiger partial charge in [0, 0.05) is 37.8 Å². The number of fused-ring (bicyclic) bond motifs is 1. The Kier molecular flexibility index (Phi) is 7.24. The largest absolute Gasteiger partial charge is 0.331 e. The van der Waals surface area contributed by atoms with Crippen molar-refractivity contribution in [2.45, 2.75) is 57.7 Å². The molecule has 1 saturated heterocycles. The van der Waals surface area contributed by atoms with Crippen molar-refractivity contribution in [2.75, 3.05) is 20.1 Å². The van der Waals surface area contributed by atoms with Crippen molar-refractivity contribution >= 4 is 29.2 Å². The summed E-state index contributed by atoms with van der Waals surface area (Å²) in [5, 5.41) is 3.80. The number of hydrogen-bond acceptors (Lipinski definition) is 2. The minimum Gasteiger partial charge on any atom is -0.331 e. The van der Waals surface area contributed by atoms with Crippen LogP contribution in [0.15, 0.2) is 30.3 Å². The SMILES string of the molecule is C#Cc1ccc([C@H](C)NC(=O)N(C)C2CCN(C3CCc4cc(C)ccc43)CC2)c(Cl)c1Cl. The molecule has 4 rings (SSSR count). The molecular formula is C27H31Cl2N3O. The van der Waals surface area contributed by atoms with Crippen molar-refractivity contribution in [1.82, 2.24) is 15.1 Å². The van der Waals surface area contributed by atoms with Gasteiger partial charge in [-0.05, 0) is 62.3 Å². The van der Waals surface area contributed by atoms with Gasteiger partial charge in [0.15, 0.2) is 0 Å². The molecule has 1 aliphatic carbocycles. The lowest BCUT2D eigenvalue weighted by molar-refractivity contribution is 0.105. The van der Waals surface area contributed by atoms with Gasteiger partial charge in [0.25, 0.3) is 0 Å². The normalized spacial score (nSPS) is 19.6. The third-order valence-electron chi connectivity index (χ3n) is 7.23. The van der Waals surface area contributed by atoms with E-state index in [1.54, 1.807) is 6.07 Å².